The average Bonchev–Trinajstić information content (AvgIpc) is 2.23. The van der Waals surface area contributed by atoms with Crippen LogP contribution in [0.4, 0.5) is 10.1 Å². The second-order valence-corrected chi connectivity index (χ2v) is 3.81. The van der Waals surface area contributed by atoms with Crippen LogP contribution in [-0.4, -0.2) is 4.98 Å². The molecule has 0 aliphatic heterocycles. The van der Waals surface area contributed by atoms with Crippen LogP contribution in [0.1, 0.15) is 11.3 Å². The molecule has 0 radical (unpaired) electrons. The fraction of sp³-hybridized carbons (Fsp3) is 0.154. The molecule has 1 aromatic carbocycles. The minimum absolute atomic E-state index is 0.297. The third kappa shape index (κ3) is 1.76. The molecule has 2 aromatic rings. The van der Waals surface area contributed by atoms with Gasteiger partial charge < -0.3 is 5.73 Å². The number of nitrogen functional groups attached to an aromatic ring is 1. The van der Waals surface area contributed by atoms with E-state index in [-0.39, 0.29) is 5.82 Å². The Bertz CT molecular complexity index is 535. The summed E-state index contributed by atoms with van der Waals surface area (Å²) in [5, 5.41) is 0. The van der Waals surface area contributed by atoms with Crippen LogP contribution in [0.25, 0.3) is 11.1 Å². The summed E-state index contributed by atoms with van der Waals surface area (Å²) >= 11 is 0. The van der Waals surface area contributed by atoms with Gasteiger partial charge in [0.15, 0.2) is 0 Å². The van der Waals surface area contributed by atoms with Crippen molar-refractivity contribution >= 4 is 5.69 Å². The van der Waals surface area contributed by atoms with Crippen molar-refractivity contribution in [1.82, 2.24) is 4.98 Å². The van der Waals surface area contributed by atoms with Crippen molar-refractivity contribution in [2.45, 2.75) is 13.8 Å². The first-order valence-corrected chi connectivity index (χ1v) is 5.07. The summed E-state index contributed by atoms with van der Waals surface area (Å²) in [5.74, 6) is -0.297. The maximum Gasteiger partial charge on any atom is 0.133 e. The van der Waals surface area contributed by atoms with Crippen molar-refractivity contribution in [2.24, 2.45) is 0 Å². The number of hydrogen-bond acceptors (Lipinski definition) is 2. The molecule has 82 valence electrons. The second kappa shape index (κ2) is 3.93. The largest absolute Gasteiger partial charge is 0.399 e. The molecule has 0 aliphatic carbocycles. The molecular formula is C13H13FN2. The van der Waals surface area contributed by atoms with Crippen LogP contribution in [0.15, 0.2) is 30.5 Å². The number of anilines is 1. The Kier molecular flexibility index (Phi) is 2.60. The van der Waals surface area contributed by atoms with Crippen LogP contribution < -0.4 is 5.73 Å². The second-order valence-electron chi connectivity index (χ2n) is 3.81. The Morgan fingerprint density at radius 2 is 1.88 bits per heavy atom. The van der Waals surface area contributed by atoms with Crippen molar-refractivity contribution in [3.63, 3.8) is 0 Å². The molecule has 2 nitrogen and oxygen atoms in total. The molecule has 0 saturated carbocycles. The summed E-state index contributed by atoms with van der Waals surface area (Å²) in [7, 11) is 0. The van der Waals surface area contributed by atoms with Gasteiger partial charge in [0.1, 0.15) is 5.82 Å². The summed E-state index contributed by atoms with van der Waals surface area (Å²) in [5.41, 5.74) is 9.29. The summed E-state index contributed by atoms with van der Waals surface area (Å²) in [4.78, 5) is 4.16. The van der Waals surface area contributed by atoms with Gasteiger partial charge in [-0.25, -0.2) is 4.39 Å². The van der Waals surface area contributed by atoms with Gasteiger partial charge in [-0.15, -0.1) is 0 Å². The number of hydrogen-bond donors (Lipinski definition) is 1. The third-order valence-electron chi connectivity index (χ3n) is 2.74. The highest BCUT2D eigenvalue weighted by Gasteiger charge is 2.09. The lowest BCUT2D eigenvalue weighted by atomic mass is 10.00. The molecular weight excluding hydrogens is 203 g/mol. The predicted octanol–water partition coefficient (Wildman–Crippen LogP) is 3.09. The summed E-state index contributed by atoms with van der Waals surface area (Å²) in [6.45, 7) is 3.85. The number of halogens is 1. The average molecular weight is 216 g/mol. The van der Waals surface area contributed by atoms with Crippen molar-refractivity contribution in [1.29, 1.82) is 0 Å². The Labute approximate surface area is 93.9 Å². The predicted molar refractivity (Wildman–Crippen MR) is 63.5 cm³/mol. The SMILES string of the molecule is Cc1nccc(-c2ccc(N)cc2F)c1C. The summed E-state index contributed by atoms with van der Waals surface area (Å²) in [6.07, 6.45) is 1.69. The van der Waals surface area contributed by atoms with Crippen molar-refractivity contribution in [3.8, 4) is 11.1 Å². The first-order chi connectivity index (χ1) is 7.59. The molecule has 2 rings (SSSR count). The molecule has 0 saturated heterocycles. The molecule has 1 aromatic heterocycles. The molecule has 1 heterocycles. The van der Waals surface area contributed by atoms with Gasteiger partial charge in [-0.05, 0) is 49.2 Å². The van der Waals surface area contributed by atoms with E-state index in [9.17, 15) is 4.39 Å². The first-order valence-electron chi connectivity index (χ1n) is 5.07. The zero-order valence-electron chi connectivity index (χ0n) is 9.29. The lowest BCUT2D eigenvalue weighted by Gasteiger charge is -2.09. The zero-order chi connectivity index (χ0) is 11.7. The highest BCUT2D eigenvalue weighted by atomic mass is 19.1. The Hall–Kier alpha value is -1.90. The van der Waals surface area contributed by atoms with Crippen LogP contribution in [0, 0.1) is 19.7 Å². The number of benzene rings is 1. The lowest BCUT2D eigenvalue weighted by molar-refractivity contribution is 0.632. The van der Waals surface area contributed by atoms with E-state index >= 15 is 0 Å². The molecule has 0 fully saturated rings. The van der Waals surface area contributed by atoms with Gasteiger partial charge in [-0.2, -0.15) is 0 Å². The number of rotatable bonds is 1. The highest BCUT2D eigenvalue weighted by Crippen LogP contribution is 2.27. The van der Waals surface area contributed by atoms with Gasteiger partial charge >= 0.3 is 0 Å². The smallest absolute Gasteiger partial charge is 0.133 e. The maximum atomic E-state index is 13.7. The fourth-order valence-electron chi connectivity index (χ4n) is 1.68. The normalized spacial score (nSPS) is 10.4. The summed E-state index contributed by atoms with van der Waals surface area (Å²) < 4.78 is 13.7. The van der Waals surface area contributed by atoms with E-state index in [0.717, 1.165) is 16.8 Å². The molecule has 0 bridgehead atoms. The van der Waals surface area contributed by atoms with Gasteiger partial charge in [0.25, 0.3) is 0 Å². The summed E-state index contributed by atoms with van der Waals surface area (Å²) in [6, 6.07) is 6.56. The number of nitrogens with zero attached hydrogens (tertiary/aromatic N) is 1. The fourth-order valence-corrected chi connectivity index (χ4v) is 1.68. The zero-order valence-corrected chi connectivity index (χ0v) is 9.29. The van der Waals surface area contributed by atoms with E-state index in [2.05, 4.69) is 4.98 Å². The minimum atomic E-state index is -0.297. The van der Waals surface area contributed by atoms with Crippen LogP contribution in [-0.2, 0) is 0 Å². The first kappa shape index (κ1) is 10.6. The molecule has 0 spiro atoms. The van der Waals surface area contributed by atoms with E-state index in [1.165, 1.54) is 6.07 Å². The Morgan fingerprint density at radius 1 is 1.12 bits per heavy atom. The Balaban J connectivity index is 2.63. The van der Waals surface area contributed by atoms with Gasteiger partial charge in [0, 0.05) is 23.1 Å². The van der Waals surface area contributed by atoms with Gasteiger partial charge in [0.05, 0.1) is 0 Å². The number of aromatic nitrogens is 1. The minimum Gasteiger partial charge on any atom is -0.399 e. The standard InChI is InChI=1S/C13H13FN2/c1-8-9(2)16-6-5-11(8)12-4-3-10(15)7-13(12)14/h3-7H,15H2,1-2H3. The molecule has 0 unspecified atom stereocenters. The van der Waals surface area contributed by atoms with Crippen molar-refractivity contribution < 1.29 is 4.39 Å². The van der Waals surface area contributed by atoms with E-state index in [0.29, 0.717) is 11.3 Å². The highest BCUT2D eigenvalue weighted by molar-refractivity contribution is 5.69. The lowest BCUT2D eigenvalue weighted by Crippen LogP contribution is -1.94. The third-order valence-corrected chi connectivity index (χ3v) is 2.74. The van der Waals surface area contributed by atoms with Crippen LogP contribution in [0.3, 0.4) is 0 Å². The number of nitrogens with two attached hydrogens (primary N) is 1. The van der Waals surface area contributed by atoms with E-state index in [1.807, 2.05) is 19.9 Å². The van der Waals surface area contributed by atoms with Crippen LogP contribution >= 0.6 is 0 Å². The van der Waals surface area contributed by atoms with Crippen molar-refractivity contribution in [2.75, 3.05) is 5.73 Å². The monoisotopic (exact) mass is 216 g/mol. The van der Waals surface area contributed by atoms with Crippen LogP contribution in [0.2, 0.25) is 0 Å². The van der Waals surface area contributed by atoms with Crippen LogP contribution in [0.5, 0.6) is 0 Å². The maximum absolute atomic E-state index is 13.7. The van der Waals surface area contributed by atoms with Gasteiger partial charge in [-0.1, -0.05) is 0 Å². The molecule has 0 aliphatic rings. The number of aryl methyl sites for hydroxylation is 1. The molecule has 0 atom stereocenters. The molecule has 2 N–H and O–H groups in total. The Morgan fingerprint density at radius 3 is 2.56 bits per heavy atom. The molecule has 16 heavy (non-hydrogen) atoms. The molecule has 0 amide bonds. The van der Waals surface area contributed by atoms with E-state index < -0.39 is 0 Å². The van der Waals surface area contributed by atoms with Gasteiger partial charge in [0.2, 0.25) is 0 Å². The topological polar surface area (TPSA) is 38.9 Å². The number of pyridine rings is 1. The van der Waals surface area contributed by atoms with Crippen molar-refractivity contribution in [3.05, 3.63) is 47.5 Å². The quantitative estimate of drug-likeness (QED) is 0.744. The van der Waals surface area contributed by atoms with E-state index in [1.54, 1.807) is 18.3 Å². The molecule has 3 heteroatoms. The van der Waals surface area contributed by atoms with E-state index in [4.69, 9.17) is 5.73 Å². The van der Waals surface area contributed by atoms with Gasteiger partial charge in [-0.3, -0.25) is 4.98 Å².